The zero-order valence-electron chi connectivity index (χ0n) is 17.1. The lowest BCUT2D eigenvalue weighted by Gasteiger charge is -2.23. The van der Waals surface area contributed by atoms with Gasteiger partial charge in [-0.05, 0) is 26.0 Å². The summed E-state index contributed by atoms with van der Waals surface area (Å²) in [7, 11) is 1.83. The molecule has 154 valence electrons. The third-order valence-electron chi connectivity index (χ3n) is 5.03. The average Bonchev–Trinajstić information content (AvgIpc) is 3.40. The summed E-state index contributed by atoms with van der Waals surface area (Å²) in [6.07, 6.45) is 0. The highest BCUT2D eigenvalue weighted by Gasteiger charge is 2.22. The maximum Gasteiger partial charge on any atom is 0.233 e. The smallest absolute Gasteiger partial charge is 0.233 e. The van der Waals surface area contributed by atoms with Crippen molar-refractivity contribution in [2.45, 2.75) is 31.6 Å². The van der Waals surface area contributed by atoms with Crippen molar-refractivity contribution in [2.24, 2.45) is 0 Å². The second kappa shape index (κ2) is 8.97. The van der Waals surface area contributed by atoms with Crippen LogP contribution in [0.25, 0.3) is 21.6 Å². The molecule has 30 heavy (non-hydrogen) atoms. The van der Waals surface area contributed by atoms with E-state index in [2.05, 4.69) is 23.2 Å². The summed E-state index contributed by atoms with van der Waals surface area (Å²) in [6, 6.07) is 17.9. The zero-order chi connectivity index (χ0) is 21.1. The maximum absolute atomic E-state index is 12.8. The summed E-state index contributed by atoms with van der Waals surface area (Å²) in [5.74, 6) is 1.17. The van der Waals surface area contributed by atoms with Crippen LogP contribution in [-0.4, -0.2) is 43.4 Å². The number of carbonyl (C=O) groups is 1. The van der Waals surface area contributed by atoms with Gasteiger partial charge in [0.05, 0.1) is 22.0 Å². The quantitative estimate of drug-likeness (QED) is 0.385. The van der Waals surface area contributed by atoms with E-state index >= 15 is 0 Å². The van der Waals surface area contributed by atoms with Gasteiger partial charge in [-0.2, -0.15) is 0 Å². The van der Waals surface area contributed by atoms with Crippen LogP contribution in [0, 0.1) is 0 Å². The number of nitrogens with zero attached hydrogens (tertiary/aromatic N) is 5. The Morgan fingerprint density at radius 2 is 1.87 bits per heavy atom. The first-order valence-electron chi connectivity index (χ1n) is 9.81. The molecule has 1 atom stereocenters. The van der Waals surface area contributed by atoms with Gasteiger partial charge in [0, 0.05) is 19.2 Å². The molecular weight excluding hydrogens is 414 g/mol. The van der Waals surface area contributed by atoms with Gasteiger partial charge in [0.15, 0.2) is 11.0 Å². The number of thioether (sulfide) groups is 1. The number of hydrogen-bond donors (Lipinski definition) is 0. The van der Waals surface area contributed by atoms with Crippen LogP contribution in [0.3, 0.4) is 0 Å². The van der Waals surface area contributed by atoms with Crippen molar-refractivity contribution in [2.75, 3.05) is 12.8 Å². The minimum atomic E-state index is -0.0839. The fourth-order valence-electron chi connectivity index (χ4n) is 3.16. The van der Waals surface area contributed by atoms with Crippen LogP contribution in [0.2, 0.25) is 0 Å². The number of fused-ring (bicyclic) bond motifs is 1. The summed E-state index contributed by atoms with van der Waals surface area (Å²) < 4.78 is 3.18. The van der Waals surface area contributed by atoms with Crippen molar-refractivity contribution in [1.82, 2.24) is 24.6 Å². The average molecular weight is 438 g/mol. The lowest BCUT2D eigenvalue weighted by molar-refractivity contribution is -0.128. The third kappa shape index (κ3) is 4.11. The van der Waals surface area contributed by atoms with Gasteiger partial charge in [-0.15, -0.1) is 21.5 Å². The standard InChI is InChI=1S/C22H23N5OS2/c1-4-27-20(16-10-6-5-7-11-16)24-25-22(27)29-14-19(28)26(3)15(2)21-23-17-12-8-9-13-18(17)30-21/h5-13,15H,4,14H2,1-3H3/t15-/m1/s1. The maximum atomic E-state index is 12.8. The number of thiazole rings is 1. The number of benzene rings is 2. The molecule has 0 unspecified atom stereocenters. The van der Waals surface area contributed by atoms with Crippen LogP contribution in [0.15, 0.2) is 59.8 Å². The van der Waals surface area contributed by atoms with Gasteiger partial charge < -0.3 is 9.47 Å². The highest BCUT2D eigenvalue weighted by atomic mass is 32.2. The molecule has 6 nitrogen and oxygen atoms in total. The Bertz CT molecular complexity index is 1120. The van der Waals surface area contributed by atoms with E-state index in [9.17, 15) is 4.79 Å². The molecule has 8 heteroatoms. The number of hydrogen-bond acceptors (Lipinski definition) is 6. The zero-order valence-corrected chi connectivity index (χ0v) is 18.8. The van der Waals surface area contributed by atoms with Gasteiger partial charge >= 0.3 is 0 Å². The predicted octanol–water partition coefficient (Wildman–Crippen LogP) is 4.89. The van der Waals surface area contributed by atoms with E-state index in [0.29, 0.717) is 5.75 Å². The lowest BCUT2D eigenvalue weighted by atomic mass is 10.2. The van der Waals surface area contributed by atoms with E-state index in [-0.39, 0.29) is 11.9 Å². The van der Waals surface area contributed by atoms with Crippen LogP contribution < -0.4 is 0 Å². The molecule has 2 aromatic carbocycles. The fourth-order valence-corrected chi connectivity index (χ4v) is 5.15. The van der Waals surface area contributed by atoms with Crippen LogP contribution in [0.4, 0.5) is 0 Å². The van der Waals surface area contributed by atoms with Crippen molar-refractivity contribution in [3.05, 3.63) is 59.6 Å². The Labute approximate surface area is 184 Å². The minimum absolute atomic E-state index is 0.0404. The molecule has 1 amide bonds. The molecule has 0 aliphatic rings. The molecule has 4 rings (SSSR count). The van der Waals surface area contributed by atoms with Gasteiger partial charge in [-0.1, -0.05) is 54.2 Å². The van der Waals surface area contributed by atoms with Crippen LogP contribution in [0.1, 0.15) is 24.9 Å². The molecule has 0 aliphatic carbocycles. The largest absolute Gasteiger partial charge is 0.336 e. The van der Waals surface area contributed by atoms with Crippen LogP contribution in [-0.2, 0) is 11.3 Å². The lowest BCUT2D eigenvalue weighted by Crippen LogP contribution is -2.31. The molecule has 0 radical (unpaired) electrons. The molecule has 0 spiro atoms. The van der Waals surface area contributed by atoms with Crippen LogP contribution >= 0.6 is 23.1 Å². The normalized spacial score (nSPS) is 12.2. The Morgan fingerprint density at radius 3 is 2.60 bits per heavy atom. The number of aromatic nitrogens is 4. The second-order valence-corrected chi connectivity index (χ2v) is 8.91. The van der Waals surface area contributed by atoms with Crippen molar-refractivity contribution >= 4 is 39.2 Å². The molecule has 2 aromatic heterocycles. The van der Waals surface area contributed by atoms with E-state index < -0.39 is 0 Å². The molecule has 2 heterocycles. The molecule has 0 saturated carbocycles. The topological polar surface area (TPSA) is 63.9 Å². The Kier molecular flexibility index (Phi) is 6.15. The van der Waals surface area contributed by atoms with Gasteiger partial charge in [0.25, 0.3) is 0 Å². The number of rotatable bonds is 7. The molecule has 0 N–H and O–H groups in total. The molecule has 0 bridgehead atoms. The third-order valence-corrected chi connectivity index (χ3v) is 7.19. The summed E-state index contributed by atoms with van der Waals surface area (Å²) in [5.41, 5.74) is 2.00. The van der Waals surface area contributed by atoms with Gasteiger partial charge in [0.1, 0.15) is 5.01 Å². The molecule has 0 fully saturated rings. The number of para-hydroxylation sites is 1. The Balaban J connectivity index is 1.44. The number of carbonyl (C=O) groups excluding carboxylic acids is 1. The summed E-state index contributed by atoms with van der Waals surface area (Å²) in [4.78, 5) is 19.3. The Hall–Kier alpha value is -2.71. The highest BCUT2D eigenvalue weighted by molar-refractivity contribution is 7.99. The fraction of sp³-hybridized carbons (Fsp3) is 0.273. The number of amides is 1. The molecule has 0 saturated heterocycles. The van der Waals surface area contributed by atoms with E-state index in [1.165, 1.54) is 11.8 Å². The summed E-state index contributed by atoms with van der Waals surface area (Å²) in [5, 5.41) is 10.4. The molecular formula is C22H23N5OS2. The monoisotopic (exact) mass is 437 g/mol. The first-order valence-corrected chi connectivity index (χ1v) is 11.6. The minimum Gasteiger partial charge on any atom is -0.336 e. The van der Waals surface area contributed by atoms with Crippen molar-refractivity contribution in [3.8, 4) is 11.4 Å². The SMILES string of the molecule is CCn1c(SCC(=O)N(C)[C@H](C)c2nc3ccccc3s2)nnc1-c1ccccc1. The Morgan fingerprint density at radius 1 is 1.13 bits per heavy atom. The second-order valence-electron chi connectivity index (χ2n) is 6.91. The van der Waals surface area contributed by atoms with E-state index in [0.717, 1.165) is 38.3 Å². The molecule has 4 aromatic rings. The van der Waals surface area contributed by atoms with Crippen LogP contribution in [0.5, 0.6) is 0 Å². The first-order chi connectivity index (χ1) is 14.6. The van der Waals surface area contributed by atoms with Gasteiger partial charge in [0.2, 0.25) is 5.91 Å². The molecule has 0 aliphatic heterocycles. The highest BCUT2D eigenvalue weighted by Crippen LogP contribution is 2.30. The van der Waals surface area contributed by atoms with Crippen molar-refractivity contribution < 1.29 is 4.79 Å². The van der Waals surface area contributed by atoms with E-state index in [1.54, 1.807) is 16.2 Å². The summed E-state index contributed by atoms with van der Waals surface area (Å²) in [6.45, 7) is 4.82. The predicted molar refractivity (Wildman–Crippen MR) is 123 cm³/mol. The van der Waals surface area contributed by atoms with Gasteiger partial charge in [-0.3, -0.25) is 4.79 Å². The van der Waals surface area contributed by atoms with Gasteiger partial charge in [-0.25, -0.2) is 4.98 Å². The first kappa shape index (κ1) is 20.6. The summed E-state index contributed by atoms with van der Waals surface area (Å²) >= 11 is 3.06. The van der Waals surface area contributed by atoms with E-state index in [1.807, 2.05) is 67.1 Å². The van der Waals surface area contributed by atoms with E-state index in [4.69, 9.17) is 4.98 Å². The van der Waals surface area contributed by atoms with Crippen molar-refractivity contribution in [1.29, 1.82) is 0 Å². The van der Waals surface area contributed by atoms with Crippen molar-refractivity contribution in [3.63, 3.8) is 0 Å².